The first kappa shape index (κ1) is 16.6. The Morgan fingerprint density at radius 3 is 2.60 bits per heavy atom. The molecule has 1 aliphatic rings. The van der Waals surface area contributed by atoms with Crippen molar-refractivity contribution in [2.24, 2.45) is 0 Å². The van der Waals surface area contributed by atoms with Crippen molar-refractivity contribution in [3.8, 4) is 5.69 Å². The lowest BCUT2D eigenvalue weighted by Gasteiger charge is -2.32. The molecule has 0 N–H and O–H groups in total. The van der Waals surface area contributed by atoms with Crippen LogP contribution in [0, 0.1) is 6.92 Å². The lowest BCUT2D eigenvalue weighted by molar-refractivity contribution is 0.148. The van der Waals surface area contributed by atoms with E-state index in [1.807, 2.05) is 12.1 Å². The molecule has 1 aromatic heterocycles. The minimum atomic E-state index is 0.963. The molecule has 0 atom stereocenters. The molecule has 0 unspecified atom stereocenters. The maximum atomic E-state index is 4.80. The summed E-state index contributed by atoms with van der Waals surface area (Å²) in [6.45, 7) is 7.63. The first-order chi connectivity index (χ1) is 12.1. The van der Waals surface area contributed by atoms with Crippen molar-refractivity contribution in [3.63, 3.8) is 0 Å². The summed E-state index contributed by atoms with van der Waals surface area (Å²) in [7, 11) is 2.19. The highest BCUT2D eigenvalue weighted by atomic mass is 32.1. The van der Waals surface area contributed by atoms with Gasteiger partial charge in [0.05, 0.1) is 11.0 Å². The highest BCUT2D eigenvalue weighted by molar-refractivity contribution is 7.80. The summed E-state index contributed by atoms with van der Waals surface area (Å²) in [6.07, 6.45) is 0. The average molecular weight is 353 g/mol. The van der Waals surface area contributed by atoms with Crippen molar-refractivity contribution in [1.29, 1.82) is 0 Å². The third kappa shape index (κ3) is 3.45. The molecule has 25 heavy (non-hydrogen) atoms. The number of nitrogens with zero attached hydrogens (tertiary/aromatic N) is 4. The van der Waals surface area contributed by atoms with E-state index in [9.17, 15) is 0 Å². The topological polar surface area (TPSA) is 24.3 Å². The maximum absolute atomic E-state index is 4.80. The zero-order valence-electron chi connectivity index (χ0n) is 14.8. The van der Waals surface area contributed by atoms with Crippen LogP contribution in [0.3, 0.4) is 0 Å². The molecule has 1 aliphatic heterocycles. The molecule has 1 saturated heterocycles. The number of piperazine rings is 1. The van der Waals surface area contributed by atoms with Crippen molar-refractivity contribution in [3.05, 3.63) is 53.9 Å². The molecule has 1 fully saturated rings. The van der Waals surface area contributed by atoms with E-state index in [-0.39, 0.29) is 0 Å². The fourth-order valence-electron chi connectivity index (χ4n) is 3.57. The van der Waals surface area contributed by atoms with Gasteiger partial charge >= 0.3 is 0 Å². The molecule has 0 radical (unpaired) electrons. The smallest absolute Gasteiger partial charge is 0.111 e. The SMILES string of the molecule is Cc1nc2cc(CN3CCN(C)CC3)ccc2n1-c1cccc(S)c1. The second kappa shape index (κ2) is 6.83. The molecular formula is C20H24N4S. The minimum Gasteiger partial charge on any atom is -0.304 e. The minimum absolute atomic E-state index is 0.963. The Labute approximate surface area is 154 Å². The maximum Gasteiger partial charge on any atom is 0.111 e. The number of rotatable bonds is 3. The van der Waals surface area contributed by atoms with E-state index in [1.54, 1.807) is 0 Å². The van der Waals surface area contributed by atoms with Gasteiger partial charge in [0.25, 0.3) is 0 Å². The second-order valence-corrected chi connectivity index (χ2v) is 7.43. The van der Waals surface area contributed by atoms with E-state index < -0.39 is 0 Å². The van der Waals surface area contributed by atoms with Crippen LogP contribution in [0.1, 0.15) is 11.4 Å². The molecule has 0 spiro atoms. The van der Waals surface area contributed by atoms with Gasteiger partial charge in [0.15, 0.2) is 0 Å². The van der Waals surface area contributed by atoms with Crippen molar-refractivity contribution < 1.29 is 0 Å². The van der Waals surface area contributed by atoms with E-state index >= 15 is 0 Å². The summed E-state index contributed by atoms with van der Waals surface area (Å²) in [6, 6.07) is 14.9. The molecule has 5 heteroatoms. The number of hydrogen-bond acceptors (Lipinski definition) is 4. The third-order valence-electron chi connectivity index (χ3n) is 4.98. The Kier molecular flexibility index (Phi) is 4.54. The highest BCUT2D eigenvalue weighted by Crippen LogP contribution is 2.24. The van der Waals surface area contributed by atoms with E-state index in [4.69, 9.17) is 4.98 Å². The van der Waals surface area contributed by atoms with Crippen LogP contribution in [0.4, 0.5) is 0 Å². The first-order valence-corrected chi connectivity index (χ1v) is 9.23. The molecule has 0 saturated carbocycles. The van der Waals surface area contributed by atoms with Crippen LogP contribution in [0.25, 0.3) is 16.7 Å². The Morgan fingerprint density at radius 2 is 1.84 bits per heavy atom. The van der Waals surface area contributed by atoms with E-state index in [1.165, 1.54) is 5.56 Å². The summed E-state index contributed by atoms with van der Waals surface area (Å²) in [5, 5.41) is 0. The Hall–Kier alpha value is -1.82. The van der Waals surface area contributed by atoms with Crippen molar-refractivity contribution in [2.75, 3.05) is 33.2 Å². The largest absolute Gasteiger partial charge is 0.304 e. The third-order valence-corrected chi connectivity index (χ3v) is 5.25. The number of fused-ring (bicyclic) bond motifs is 1. The summed E-state index contributed by atoms with van der Waals surface area (Å²) >= 11 is 4.47. The van der Waals surface area contributed by atoms with Gasteiger partial charge in [-0.2, -0.15) is 0 Å². The molecule has 2 aromatic carbocycles. The number of likely N-dealkylation sites (N-methyl/N-ethyl adjacent to an activating group) is 1. The molecule has 0 aliphatic carbocycles. The quantitative estimate of drug-likeness (QED) is 0.732. The summed E-state index contributed by atoms with van der Waals surface area (Å²) < 4.78 is 2.20. The fraction of sp³-hybridized carbons (Fsp3) is 0.350. The van der Waals surface area contributed by atoms with Gasteiger partial charge in [-0.25, -0.2) is 4.98 Å². The van der Waals surface area contributed by atoms with Gasteiger partial charge in [0, 0.05) is 43.3 Å². The van der Waals surface area contributed by atoms with E-state index in [0.717, 1.165) is 60.2 Å². The normalized spacial score (nSPS) is 16.6. The van der Waals surface area contributed by atoms with Crippen molar-refractivity contribution in [2.45, 2.75) is 18.4 Å². The predicted octanol–water partition coefficient (Wildman–Crippen LogP) is 3.37. The lowest BCUT2D eigenvalue weighted by atomic mass is 10.1. The Balaban J connectivity index is 1.64. The predicted molar refractivity (Wildman–Crippen MR) is 106 cm³/mol. The molecular weight excluding hydrogens is 328 g/mol. The van der Waals surface area contributed by atoms with Crippen LogP contribution in [0.15, 0.2) is 47.4 Å². The molecule has 0 bridgehead atoms. The second-order valence-electron chi connectivity index (χ2n) is 6.92. The van der Waals surface area contributed by atoms with Gasteiger partial charge in [-0.1, -0.05) is 12.1 Å². The number of hydrogen-bond donors (Lipinski definition) is 1. The molecule has 0 amide bonds. The lowest BCUT2D eigenvalue weighted by Crippen LogP contribution is -2.43. The van der Waals surface area contributed by atoms with E-state index in [2.05, 4.69) is 71.3 Å². The zero-order chi connectivity index (χ0) is 17.4. The number of benzene rings is 2. The number of aryl methyl sites for hydroxylation is 1. The Bertz CT molecular complexity index is 894. The van der Waals surface area contributed by atoms with E-state index in [0.29, 0.717) is 0 Å². The Morgan fingerprint density at radius 1 is 1.04 bits per heavy atom. The standard InChI is InChI=1S/C20H24N4S/c1-15-21-19-12-16(14-23-10-8-22(2)9-11-23)6-7-20(19)24(15)17-4-3-5-18(25)13-17/h3-7,12-13,25H,8-11,14H2,1-2H3. The van der Waals surface area contributed by atoms with Gasteiger partial charge in [0.2, 0.25) is 0 Å². The molecule has 4 rings (SSSR count). The van der Waals surface area contributed by atoms with Crippen molar-refractivity contribution >= 4 is 23.7 Å². The van der Waals surface area contributed by atoms with Crippen molar-refractivity contribution in [1.82, 2.24) is 19.4 Å². The van der Waals surface area contributed by atoms with Gasteiger partial charge in [-0.3, -0.25) is 9.47 Å². The van der Waals surface area contributed by atoms with Crippen LogP contribution in [0.5, 0.6) is 0 Å². The van der Waals surface area contributed by atoms with Gasteiger partial charge < -0.3 is 4.90 Å². The number of aromatic nitrogens is 2. The summed E-state index contributed by atoms with van der Waals surface area (Å²) in [5.41, 5.74) is 4.66. The van der Waals surface area contributed by atoms with Crippen LogP contribution < -0.4 is 0 Å². The summed E-state index contributed by atoms with van der Waals surface area (Å²) in [4.78, 5) is 10.7. The van der Waals surface area contributed by atoms with Gasteiger partial charge in [0.1, 0.15) is 5.82 Å². The molecule has 2 heterocycles. The molecule has 3 aromatic rings. The highest BCUT2D eigenvalue weighted by Gasteiger charge is 2.15. The zero-order valence-corrected chi connectivity index (χ0v) is 15.7. The van der Waals surface area contributed by atoms with Gasteiger partial charge in [-0.05, 0) is 49.9 Å². The molecule has 4 nitrogen and oxygen atoms in total. The number of imidazole rings is 1. The van der Waals surface area contributed by atoms with Crippen LogP contribution in [0.2, 0.25) is 0 Å². The van der Waals surface area contributed by atoms with Crippen LogP contribution >= 0.6 is 12.6 Å². The van der Waals surface area contributed by atoms with Gasteiger partial charge in [-0.15, -0.1) is 12.6 Å². The average Bonchev–Trinajstić information content (AvgIpc) is 2.92. The van der Waals surface area contributed by atoms with Crippen LogP contribution in [-0.2, 0) is 6.54 Å². The summed E-state index contributed by atoms with van der Waals surface area (Å²) in [5.74, 6) is 1.01. The fourth-order valence-corrected chi connectivity index (χ4v) is 3.79. The van der Waals surface area contributed by atoms with Crippen LogP contribution in [-0.4, -0.2) is 52.6 Å². The first-order valence-electron chi connectivity index (χ1n) is 8.78. The molecule has 130 valence electrons. The monoisotopic (exact) mass is 352 g/mol. The number of thiol groups is 1.